The number of hydrogen-bond acceptors (Lipinski definition) is 3. The van der Waals surface area contributed by atoms with Gasteiger partial charge in [0.05, 0.1) is 0 Å². The van der Waals surface area contributed by atoms with Crippen molar-refractivity contribution in [1.29, 1.82) is 0 Å². The monoisotopic (exact) mass is 274 g/mol. The zero-order chi connectivity index (χ0) is 13.5. The number of carbonyl (C=O) groups is 1. The van der Waals surface area contributed by atoms with Gasteiger partial charge in [-0.25, -0.2) is 0 Å². The highest BCUT2D eigenvalue weighted by Crippen LogP contribution is 2.39. The van der Waals surface area contributed by atoms with Crippen molar-refractivity contribution in [3.8, 4) is 0 Å². The van der Waals surface area contributed by atoms with Crippen molar-refractivity contribution < 1.29 is 4.79 Å². The van der Waals surface area contributed by atoms with E-state index in [4.69, 9.17) is 0 Å². The van der Waals surface area contributed by atoms with Crippen LogP contribution in [-0.4, -0.2) is 46.2 Å². The molecule has 2 saturated heterocycles. The van der Waals surface area contributed by atoms with Gasteiger partial charge in [-0.2, -0.15) is 5.10 Å². The van der Waals surface area contributed by atoms with Crippen molar-refractivity contribution in [2.24, 2.45) is 0 Å². The van der Waals surface area contributed by atoms with Crippen LogP contribution in [0.5, 0.6) is 0 Å². The molecule has 3 aliphatic rings. The summed E-state index contributed by atoms with van der Waals surface area (Å²) in [6.45, 7) is 2.33. The first-order valence-electron chi connectivity index (χ1n) is 7.91. The maximum atomic E-state index is 12.3. The van der Waals surface area contributed by atoms with Gasteiger partial charge in [0.2, 0.25) is 0 Å². The Labute approximate surface area is 119 Å². The van der Waals surface area contributed by atoms with E-state index in [0.717, 1.165) is 18.7 Å². The van der Waals surface area contributed by atoms with E-state index in [1.54, 1.807) is 0 Å². The number of amides is 1. The number of nitrogens with one attached hydrogen (secondary N) is 2. The van der Waals surface area contributed by atoms with Crippen LogP contribution in [0, 0.1) is 0 Å². The second-order valence-electron chi connectivity index (χ2n) is 6.45. The molecule has 4 rings (SSSR count). The molecule has 2 atom stereocenters. The Bertz CT molecular complexity index is 508. The van der Waals surface area contributed by atoms with E-state index >= 15 is 0 Å². The molecule has 0 spiro atoms. The lowest BCUT2D eigenvalue weighted by atomic mass is 9.99. The molecular formula is C15H22N4O. The molecule has 5 nitrogen and oxygen atoms in total. The molecule has 1 saturated carbocycles. The molecule has 1 aromatic rings. The molecule has 20 heavy (non-hydrogen) atoms. The quantitative estimate of drug-likeness (QED) is 0.881. The van der Waals surface area contributed by atoms with Crippen LogP contribution in [0.1, 0.15) is 60.6 Å². The summed E-state index contributed by atoms with van der Waals surface area (Å²) in [5.74, 6) is 0.606. The van der Waals surface area contributed by atoms with E-state index in [1.165, 1.54) is 38.6 Å². The standard InChI is InChI=1S/C15H22N4O/c20-15(13-9-12(17-18-13)10-4-5-10)16-11-6-8-19-7-2-1-3-14(11)19/h9-11,14H,1-8H2,(H,16,20)(H,17,18)/t11-,14+/m1/s1. The van der Waals surface area contributed by atoms with Crippen LogP contribution < -0.4 is 5.32 Å². The maximum Gasteiger partial charge on any atom is 0.272 e. The fourth-order valence-electron chi connectivity index (χ4n) is 3.71. The lowest BCUT2D eigenvalue weighted by molar-refractivity contribution is 0.0910. The third-order valence-corrected chi connectivity index (χ3v) is 5.02. The van der Waals surface area contributed by atoms with E-state index in [0.29, 0.717) is 23.7 Å². The summed E-state index contributed by atoms with van der Waals surface area (Å²) in [6.07, 6.45) is 7.35. The average molecular weight is 274 g/mol. The van der Waals surface area contributed by atoms with Crippen molar-refractivity contribution in [2.75, 3.05) is 13.1 Å². The van der Waals surface area contributed by atoms with Crippen LogP contribution in [0.3, 0.4) is 0 Å². The third-order valence-electron chi connectivity index (χ3n) is 5.02. The number of H-pyrrole nitrogens is 1. The van der Waals surface area contributed by atoms with E-state index in [2.05, 4.69) is 20.4 Å². The zero-order valence-corrected chi connectivity index (χ0v) is 11.8. The molecule has 1 aromatic heterocycles. The van der Waals surface area contributed by atoms with Gasteiger partial charge >= 0.3 is 0 Å². The number of nitrogens with zero attached hydrogens (tertiary/aromatic N) is 2. The van der Waals surface area contributed by atoms with Crippen LogP contribution in [0.15, 0.2) is 6.07 Å². The number of rotatable bonds is 3. The van der Waals surface area contributed by atoms with Gasteiger partial charge in [-0.3, -0.25) is 14.8 Å². The normalized spacial score (nSPS) is 30.2. The third kappa shape index (κ3) is 2.24. The molecule has 3 heterocycles. The van der Waals surface area contributed by atoms with E-state index in [9.17, 15) is 4.79 Å². The Hall–Kier alpha value is -1.36. The molecule has 108 valence electrons. The largest absolute Gasteiger partial charge is 0.346 e. The fraction of sp³-hybridized carbons (Fsp3) is 0.733. The fourth-order valence-corrected chi connectivity index (χ4v) is 3.71. The molecule has 5 heteroatoms. The summed E-state index contributed by atoms with van der Waals surface area (Å²) < 4.78 is 0. The van der Waals surface area contributed by atoms with Crippen LogP contribution in [0.25, 0.3) is 0 Å². The Balaban J connectivity index is 1.41. The number of piperidine rings is 1. The first-order valence-corrected chi connectivity index (χ1v) is 7.91. The molecule has 0 bridgehead atoms. The van der Waals surface area contributed by atoms with E-state index in [1.807, 2.05) is 6.07 Å². The van der Waals surface area contributed by atoms with Gasteiger partial charge in [0, 0.05) is 30.2 Å². The van der Waals surface area contributed by atoms with Crippen molar-refractivity contribution in [1.82, 2.24) is 20.4 Å². The molecule has 1 amide bonds. The highest BCUT2D eigenvalue weighted by molar-refractivity contribution is 5.92. The predicted molar refractivity (Wildman–Crippen MR) is 75.6 cm³/mol. The minimum atomic E-state index is -0.00873. The summed E-state index contributed by atoms with van der Waals surface area (Å²) in [6, 6.07) is 2.79. The summed E-state index contributed by atoms with van der Waals surface area (Å²) in [5.41, 5.74) is 1.68. The molecule has 1 aliphatic carbocycles. The number of aromatic amines is 1. The molecule has 3 fully saturated rings. The molecule has 0 unspecified atom stereocenters. The van der Waals surface area contributed by atoms with Crippen LogP contribution in [0.4, 0.5) is 0 Å². The maximum absolute atomic E-state index is 12.3. The van der Waals surface area contributed by atoms with Gasteiger partial charge in [-0.15, -0.1) is 0 Å². The van der Waals surface area contributed by atoms with Crippen molar-refractivity contribution >= 4 is 5.91 Å². The van der Waals surface area contributed by atoms with Crippen molar-refractivity contribution in [2.45, 2.75) is 56.5 Å². The van der Waals surface area contributed by atoms with Gasteiger partial charge in [-0.1, -0.05) is 6.42 Å². The molecule has 2 aliphatic heterocycles. The lowest BCUT2D eigenvalue weighted by Gasteiger charge is -2.32. The minimum absolute atomic E-state index is 0.00873. The smallest absolute Gasteiger partial charge is 0.272 e. The van der Waals surface area contributed by atoms with Gasteiger partial charge < -0.3 is 5.32 Å². The average Bonchev–Trinajstić information content (AvgIpc) is 3.06. The Morgan fingerprint density at radius 3 is 3.00 bits per heavy atom. The van der Waals surface area contributed by atoms with Crippen LogP contribution in [0.2, 0.25) is 0 Å². The van der Waals surface area contributed by atoms with Crippen LogP contribution in [-0.2, 0) is 0 Å². The Morgan fingerprint density at radius 1 is 1.25 bits per heavy atom. The Kier molecular flexibility index (Phi) is 3.02. The molecule has 0 radical (unpaired) electrons. The Morgan fingerprint density at radius 2 is 2.15 bits per heavy atom. The predicted octanol–water partition coefficient (Wildman–Crippen LogP) is 1.64. The topological polar surface area (TPSA) is 61.0 Å². The summed E-state index contributed by atoms with van der Waals surface area (Å²) in [7, 11) is 0. The second-order valence-corrected chi connectivity index (χ2v) is 6.45. The number of fused-ring (bicyclic) bond motifs is 1. The van der Waals surface area contributed by atoms with Crippen molar-refractivity contribution in [3.63, 3.8) is 0 Å². The number of aromatic nitrogens is 2. The molecular weight excluding hydrogens is 252 g/mol. The number of hydrogen-bond donors (Lipinski definition) is 2. The highest BCUT2D eigenvalue weighted by Gasteiger charge is 2.36. The van der Waals surface area contributed by atoms with Gasteiger partial charge in [0.25, 0.3) is 5.91 Å². The first kappa shape index (κ1) is 12.4. The van der Waals surface area contributed by atoms with E-state index in [-0.39, 0.29) is 5.91 Å². The van der Waals surface area contributed by atoms with Crippen molar-refractivity contribution in [3.05, 3.63) is 17.5 Å². The van der Waals surface area contributed by atoms with Crippen LogP contribution >= 0.6 is 0 Å². The summed E-state index contributed by atoms with van der Waals surface area (Å²) in [5, 5.41) is 10.4. The summed E-state index contributed by atoms with van der Waals surface area (Å²) >= 11 is 0. The highest BCUT2D eigenvalue weighted by atomic mass is 16.2. The second kappa shape index (κ2) is 4.88. The SMILES string of the molecule is O=C(N[C@@H]1CCN2CCCC[C@@H]12)c1cc(C2CC2)[nH]n1. The molecule has 0 aromatic carbocycles. The van der Waals surface area contributed by atoms with Gasteiger partial charge in [-0.05, 0) is 44.7 Å². The molecule has 2 N–H and O–H groups in total. The number of carbonyl (C=O) groups excluding carboxylic acids is 1. The summed E-state index contributed by atoms with van der Waals surface area (Å²) in [4.78, 5) is 14.9. The minimum Gasteiger partial charge on any atom is -0.346 e. The van der Waals surface area contributed by atoms with Gasteiger partial charge in [0.15, 0.2) is 0 Å². The first-order chi connectivity index (χ1) is 9.81. The van der Waals surface area contributed by atoms with E-state index < -0.39 is 0 Å². The van der Waals surface area contributed by atoms with Gasteiger partial charge in [0.1, 0.15) is 5.69 Å². The lowest BCUT2D eigenvalue weighted by Crippen LogP contribution is -2.46. The zero-order valence-electron chi connectivity index (χ0n) is 11.8.